The van der Waals surface area contributed by atoms with Gasteiger partial charge in [0.25, 0.3) is 0 Å². The fourth-order valence-electron chi connectivity index (χ4n) is 8.30. The summed E-state index contributed by atoms with van der Waals surface area (Å²) >= 11 is 0. The molecule has 0 amide bonds. The molecule has 0 N–H and O–H groups in total. The molecular weight excluding hydrogens is 655 g/mol. The van der Waals surface area contributed by atoms with Gasteiger partial charge in [0.2, 0.25) is 0 Å². The maximum Gasteiger partial charge on any atom is 0.137 e. The predicted octanol–water partition coefficient (Wildman–Crippen LogP) is 15.0. The number of furan rings is 1. The molecule has 0 unspecified atom stereocenters. The van der Waals surface area contributed by atoms with E-state index in [9.17, 15) is 0 Å². The predicted molar refractivity (Wildman–Crippen MR) is 229 cm³/mol. The van der Waals surface area contributed by atoms with Crippen molar-refractivity contribution in [3.05, 3.63) is 200 Å². The van der Waals surface area contributed by atoms with Crippen molar-refractivity contribution in [2.45, 2.75) is 0 Å². The molecule has 11 aromatic rings. The molecule has 0 spiro atoms. The first-order valence-corrected chi connectivity index (χ1v) is 18.5. The second kappa shape index (κ2) is 12.2. The molecule has 0 aliphatic heterocycles. The van der Waals surface area contributed by atoms with Gasteiger partial charge < -0.3 is 9.32 Å². The Bertz CT molecular complexity index is 3240. The van der Waals surface area contributed by atoms with E-state index in [-0.39, 0.29) is 0 Å². The van der Waals surface area contributed by atoms with E-state index in [1.807, 2.05) is 0 Å². The third-order valence-electron chi connectivity index (χ3n) is 11.0. The fraction of sp³-hybridized carbons (Fsp3) is 0. The van der Waals surface area contributed by atoms with Crippen molar-refractivity contribution in [1.29, 1.82) is 0 Å². The molecule has 54 heavy (non-hydrogen) atoms. The average Bonchev–Trinajstić information content (AvgIpc) is 3.62. The van der Waals surface area contributed by atoms with Crippen LogP contribution in [0.3, 0.4) is 0 Å². The van der Waals surface area contributed by atoms with Crippen LogP contribution in [0.15, 0.2) is 205 Å². The van der Waals surface area contributed by atoms with Gasteiger partial charge in [0, 0.05) is 33.6 Å². The summed E-state index contributed by atoms with van der Waals surface area (Å²) in [5.74, 6) is 0. The summed E-state index contributed by atoms with van der Waals surface area (Å²) in [5, 5.41) is 12.1. The Kier molecular flexibility index (Phi) is 6.90. The third-order valence-corrected chi connectivity index (χ3v) is 11.0. The van der Waals surface area contributed by atoms with Gasteiger partial charge in [0.1, 0.15) is 11.2 Å². The normalized spacial score (nSPS) is 11.7. The molecule has 0 radical (unpaired) electrons. The molecule has 1 aromatic heterocycles. The second-order valence-corrected chi connectivity index (χ2v) is 14.2. The van der Waals surface area contributed by atoms with Crippen molar-refractivity contribution in [1.82, 2.24) is 0 Å². The van der Waals surface area contributed by atoms with Gasteiger partial charge in [-0.25, -0.2) is 0 Å². The molecule has 0 saturated carbocycles. The molecule has 1 heterocycles. The summed E-state index contributed by atoms with van der Waals surface area (Å²) in [6.45, 7) is 0. The van der Waals surface area contributed by atoms with Crippen LogP contribution in [0.2, 0.25) is 0 Å². The number of anilines is 3. The minimum Gasteiger partial charge on any atom is -0.456 e. The maximum atomic E-state index is 6.57. The first-order valence-electron chi connectivity index (χ1n) is 18.5. The van der Waals surface area contributed by atoms with Crippen LogP contribution in [-0.4, -0.2) is 0 Å². The molecule has 2 heteroatoms. The fourth-order valence-corrected chi connectivity index (χ4v) is 8.30. The zero-order chi connectivity index (χ0) is 35.6. The Morgan fingerprint density at radius 2 is 0.833 bits per heavy atom. The van der Waals surface area contributed by atoms with Crippen LogP contribution in [0.1, 0.15) is 0 Å². The Hall–Kier alpha value is -7.16. The van der Waals surface area contributed by atoms with Gasteiger partial charge in [-0.05, 0) is 115 Å². The molecule has 0 aliphatic rings. The lowest BCUT2D eigenvalue weighted by molar-refractivity contribution is 0.669. The zero-order valence-electron chi connectivity index (χ0n) is 29.4. The molecule has 11 rings (SSSR count). The molecule has 0 atom stereocenters. The van der Waals surface area contributed by atoms with E-state index in [1.54, 1.807) is 0 Å². The van der Waals surface area contributed by atoms with Gasteiger partial charge in [-0.15, -0.1) is 0 Å². The van der Waals surface area contributed by atoms with Crippen LogP contribution < -0.4 is 4.90 Å². The molecule has 2 nitrogen and oxygen atoms in total. The topological polar surface area (TPSA) is 16.4 Å². The van der Waals surface area contributed by atoms with Crippen LogP contribution in [0.25, 0.3) is 87.3 Å². The van der Waals surface area contributed by atoms with Crippen LogP contribution in [0, 0.1) is 0 Å². The van der Waals surface area contributed by atoms with Crippen molar-refractivity contribution < 1.29 is 4.42 Å². The second-order valence-electron chi connectivity index (χ2n) is 14.2. The standard InChI is InChI=1S/C52H33NO/c1-2-12-37-29-40(20-19-34(37)9-1)42-24-23-41-30-39(21-22-43(41)31-42)38-14-7-15-44(32-38)53(49-18-8-13-35-10-3-5-16-46(35)49)45-26-27-48-51(33-45)54-50-28-25-36-11-4-6-17-47(36)52(48)50/h1-33H. The maximum absolute atomic E-state index is 6.57. The first kappa shape index (κ1) is 30.5. The van der Waals surface area contributed by atoms with E-state index in [1.165, 1.54) is 59.8 Å². The average molecular weight is 688 g/mol. The highest BCUT2D eigenvalue weighted by Gasteiger charge is 2.19. The highest BCUT2D eigenvalue weighted by Crippen LogP contribution is 2.43. The van der Waals surface area contributed by atoms with Gasteiger partial charge in [0.15, 0.2) is 0 Å². The highest BCUT2D eigenvalue weighted by molar-refractivity contribution is 6.19. The number of benzene rings is 10. The van der Waals surface area contributed by atoms with Crippen molar-refractivity contribution in [2.75, 3.05) is 4.90 Å². The van der Waals surface area contributed by atoms with E-state index < -0.39 is 0 Å². The van der Waals surface area contributed by atoms with Crippen molar-refractivity contribution in [3.8, 4) is 22.3 Å². The molecule has 0 fully saturated rings. The highest BCUT2D eigenvalue weighted by atomic mass is 16.3. The molecule has 0 saturated heterocycles. The van der Waals surface area contributed by atoms with E-state index in [2.05, 4.69) is 205 Å². The Balaban J connectivity index is 1.03. The first-order chi connectivity index (χ1) is 26.7. The number of rotatable bonds is 5. The Morgan fingerprint density at radius 1 is 0.296 bits per heavy atom. The summed E-state index contributed by atoms with van der Waals surface area (Å²) in [6, 6.07) is 72.4. The number of hydrogen-bond donors (Lipinski definition) is 0. The third kappa shape index (κ3) is 5.03. The van der Waals surface area contributed by atoms with Gasteiger partial charge in [0.05, 0.1) is 5.69 Å². The molecular formula is C52H33NO. The van der Waals surface area contributed by atoms with Gasteiger partial charge in [-0.2, -0.15) is 0 Å². The van der Waals surface area contributed by atoms with Crippen LogP contribution in [-0.2, 0) is 0 Å². The lowest BCUT2D eigenvalue weighted by Gasteiger charge is -2.27. The quantitative estimate of drug-likeness (QED) is 0.179. The molecule has 10 aromatic carbocycles. The van der Waals surface area contributed by atoms with E-state index in [4.69, 9.17) is 4.42 Å². The van der Waals surface area contributed by atoms with Crippen molar-refractivity contribution in [3.63, 3.8) is 0 Å². The summed E-state index contributed by atoms with van der Waals surface area (Å²) in [5.41, 5.74) is 9.81. The minimum atomic E-state index is 0.873. The van der Waals surface area contributed by atoms with E-state index >= 15 is 0 Å². The summed E-state index contributed by atoms with van der Waals surface area (Å²) in [4.78, 5) is 2.37. The summed E-state index contributed by atoms with van der Waals surface area (Å²) in [7, 11) is 0. The van der Waals surface area contributed by atoms with Crippen LogP contribution >= 0.6 is 0 Å². The molecule has 0 bridgehead atoms. The van der Waals surface area contributed by atoms with Gasteiger partial charge in [-0.3, -0.25) is 0 Å². The Morgan fingerprint density at radius 3 is 1.59 bits per heavy atom. The van der Waals surface area contributed by atoms with E-state index in [0.717, 1.165) is 44.6 Å². The van der Waals surface area contributed by atoms with E-state index in [0.29, 0.717) is 0 Å². The SMILES string of the molecule is c1cc(-c2ccc3cc(-c4ccc5ccccc5c4)ccc3c2)cc(N(c2ccc3c(c2)oc2ccc4ccccc4c23)c2cccc3ccccc23)c1. The smallest absolute Gasteiger partial charge is 0.137 e. The van der Waals surface area contributed by atoms with Crippen LogP contribution in [0.4, 0.5) is 17.1 Å². The van der Waals surface area contributed by atoms with Crippen LogP contribution in [0.5, 0.6) is 0 Å². The Labute approximate surface area is 312 Å². The van der Waals surface area contributed by atoms with Gasteiger partial charge >= 0.3 is 0 Å². The van der Waals surface area contributed by atoms with Crippen molar-refractivity contribution >= 4 is 82.1 Å². The largest absolute Gasteiger partial charge is 0.456 e. The van der Waals surface area contributed by atoms with Gasteiger partial charge in [-0.1, -0.05) is 140 Å². The van der Waals surface area contributed by atoms with Crippen molar-refractivity contribution in [2.24, 2.45) is 0 Å². The number of nitrogens with zero attached hydrogens (tertiary/aromatic N) is 1. The minimum absolute atomic E-state index is 0.873. The lowest BCUT2D eigenvalue weighted by Crippen LogP contribution is -2.10. The summed E-state index contributed by atoms with van der Waals surface area (Å²) in [6.07, 6.45) is 0. The number of hydrogen-bond acceptors (Lipinski definition) is 2. The number of fused-ring (bicyclic) bond motifs is 8. The lowest BCUT2D eigenvalue weighted by atomic mass is 9.96. The monoisotopic (exact) mass is 687 g/mol. The summed E-state index contributed by atoms with van der Waals surface area (Å²) < 4.78 is 6.57. The molecule has 252 valence electrons. The zero-order valence-corrected chi connectivity index (χ0v) is 29.4. The molecule has 0 aliphatic carbocycles.